The molecule has 4 bridgehead atoms. The van der Waals surface area contributed by atoms with E-state index in [4.69, 9.17) is 14.3 Å². The number of amides is 1. The lowest BCUT2D eigenvalue weighted by molar-refractivity contribution is -0.160. The van der Waals surface area contributed by atoms with Crippen molar-refractivity contribution in [2.45, 2.75) is 90.7 Å². The molecule has 5 aliphatic rings. The molecule has 0 atom stereocenters. The van der Waals surface area contributed by atoms with E-state index < -0.39 is 17.7 Å². The van der Waals surface area contributed by atoms with Gasteiger partial charge >= 0.3 is 18.0 Å². The van der Waals surface area contributed by atoms with Gasteiger partial charge in [-0.25, -0.2) is 24.5 Å². The van der Waals surface area contributed by atoms with Crippen LogP contribution in [0.5, 0.6) is 0 Å². The number of anilines is 1. The Labute approximate surface area is 245 Å². The smallest absolute Gasteiger partial charge is 0.440 e. The van der Waals surface area contributed by atoms with E-state index in [1.54, 1.807) is 10.9 Å². The summed E-state index contributed by atoms with van der Waals surface area (Å²) in [5, 5.41) is 0. The second-order valence-corrected chi connectivity index (χ2v) is 13.9. The van der Waals surface area contributed by atoms with Crippen LogP contribution < -0.4 is 10.4 Å². The van der Waals surface area contributed by atoms with Crippen LogP contribution in [-0.4, -0.2) is 62.8 Å². The van der Waals surface area contributed by atoms with Crippen LogP contribution in [0.15, 0.2) is 12.7 Å². The van der Waals surface area contributed by atoms with Crippen molar-refractivity contribution in [2.75, 3.05) is 24.6 Å². The normalized spacial score (nSPS) is 27.2. The Kier molecular flexibility index (Phi) is 7.74. The molecule has 4 saturated carbocycles. The number of imidazole rings is 1. The first kappa shape index (κ1) is 28.7. The lowest BCUT2D eigenvalue weighted by Gasteiger charge is -2.56. The first-order valence-electron chi connectivity index (χ1n) is 15.3. The van der Waals surface area contributed by atoms with E-state index >= 15 is 0 Å². The van der Waals surface area contributed by atoms with Crippen LogP contribution in [0.4, 0.5) is 10.6 Å². The number of piperidine rings is 1. The van der Waals surface area contributed by atoms with Gasteiger partial charge in [0.2, 0.25) is 0 Å². The summed E-state index contributed by atoms with van der Waals surface area (Å²) in [4.78, 5) is 57.6. The zero-order chi connectivity index (χ0) is 29.5. The average molecular weight is 583 g/mol. The summed E-state index contributed by atoms with van der Waals surface area (Å²) in [5.41, 5.74) is 3.00. The summed E-state index contributed by atoms with van der Waals surface area (Å²) in [7, 11) is 0. The lowest BCUT2D eigenvalue weighted by Crippen LogP contribution is -2.48. The number of nitrogens with one attached hydrogen (secondary N) is 1. The minimum Gasteiger partial charge on any atom is -0.460 e. The molecular weight excluding hydrogens is 540 g/mol. The fourth-order valence-corrected chi connectivity index (χ4v) is 8.05. The molecule has 5 fully saturated rings. The number of ether oxygens (including phenoxy) is 2. The Bertz CT molecular complexity index is 1290. The average Bonchev–Trinajstić information content (AvgIpc) is 3.36. The third kappa shape index (κ3) is 6.32. The van der Waals surface area contributed by atoms with E-state index in [1.165, 1.54) is 25.6 Å². The fourth-order valence-electron chi connectivity index (χ4n) is 8.05. The van der Waals surface area contributed by atoms with Crippen LogP contribution >= 0.6 is 0 Å². The molecule has 1 aliphatic heterocycles. The molecule has 4 aliphatic carbocycles. The summed E-state index contributed by atoms with van der Waals surface area (Å²) in [5.74, 6) is 2.16. The molecule has 2 aromatic rings. The maximum absolute atomic E-state index is 12.5. The quantitative estimate of drug-likeness (QED) is 0.287. The topological polar surface area (TPSA) is 138 Å². The van der Waals surface area contributed by atoms with Crippen LogP contribution in [-0.2, 0) is 30.4 Å². The number of fused-ring (bicyclic) bond motifs is 1. The number of nitrogens with zero attached hydrogens (tertiary/aromatic N) is 5. The fraction of sp³-hybridized carbons (Fsp3) is 0.733. The highest BCUT2D eigenvalue weighted by Crippen LogP contribution is 2.60. The molecule has 1 saturated heterocycles. The van der Waals surface area contributed by atoms with Crippen molar-refractivity contribution in [3.05, 3.63) is 12.7 Å². The SMILES string of the molecule is CC(C)(C)OC(=O)C1CCN(c2ncnc3c2ncn3CCC(=O)ONC(=O)OCC23CC4CC(CC(C4)C2)C3)CC1. The molecule has 12 heteroatoms. The Morgan fingerprint density at radius 1 is 1.00 bits per heavy atom. The molecule has 12 nitrogen and oxygen atoms in total. The molecule has 42 heavy (non-hydrogen) atoms. The predicted molar refractivity (Wildman–Crippen MR) is 152 cm³/mol. The van der Waals surface area contributed by atoms with Gasteiger partial charge in [-0.15, -0.1) is 5.48 Å². The number of esters is 1. The van der Waals surface area contributed by atoms with Gasteiger partial charge in [0, 0.05) is 25.0 Å². The number of aromatic nitrogens is 4. The number of carbonyl (C=O) groups excluding carboxylic acids is 3. The molecule has 3 heterocycles. The van der Waals surface area contributed by atoms with E-state index in [1.807, 2.05) is 20.8 Å². The van der Waals surface area contributed by atoms with Crippen molar-refractivity contribution < 1.29 is 28.7 Å². The van der Waals surface area contributed by atoms with Gasteiger partial charge in [0.25, 0.3) is 0 Å². The van der Waals surface area contributed by atoms with E-state index in [2.05, 4.69) is 25.3 Å². The van der Waals surface area contributed by atoms with Crippen LogP contribution in [0.25, 0.3) is 11.2 Å². The molecule has 7 rings (SSSR count). The summed E-state index contributed by atoms with van der Waals surface area (Å²) in [6, 6.07) is 0. The third-order valence-corrected chi connectivity index (χ3v) is 9.40. The number of aryl methyl sites for hydroxylation is 1. The first-order valence-corrected chi connectivity index (χ1v) is 15.3. The van der Waals surface area contributed by atoms with Crippen LogP contribution in [0.3, 0.4) is 0 Å². The minimum atomic E-state index is -0.722. The minimum absolute atomic E-state index is 0.0152. The van der Waals surface area contributed by atoms with Gasteiger partial charge < -0.3 is 23.8 Å². The molecule has 228 valence electrons. The second kappa shape index (κ2) is 11.3. The highest BCUT2D eigenvalue weighted by Gasteiger charge is 2.51. The first-order chi connectivity index (χ1) is 20.1. The Morgan fingerprint density at radius 2 is 1.67 bits per heavy atom. The number of carbonyl (C=O) groups is 3. The molecule has 1 N–H and O–H groups in total. The van der Waals surface area contributed by atoms with E-state index in [-0.39, 0.29) is 30.3 Å². The Hall–Kier alpha value is -3.44. The van der Waals surface area contributed by atoms with E-state index in [0.717, 1.165) is 37.0 Å². The number of rotatable bonds is 7. The lowest BCUT2D eigenvalue weighted by atomic mass is 9.50. The second-order valence-electron chi connectivity index (χ2n) is 13.9. The number of hydroxylamine groups is 1. The highest BCUT2D eigenvalue weighted by atomic mass is 16.7. The van der Waals surface area contributed by atoms with Crippen molar-refractivity contribution >= 4 is 35.0 Å². The van der Waals surface area contributed by atoms with Gasteiger partial charge in [0.15, 0.2) is 17.0 Å². The molecule has 0 radical (unpaired) electrons. The Balaban J connectivity index is 0.962. The number of hydrogen-bond acceptors (Lipinski definition) is 10. The number of hydrogen-bond donors (Lipinski definition) is 1. The predicted octanol–water partition coefficient (Wildman–Crippen LogP) is 4.18. The summed E-state index contributed by atoms with van der Waals surface area (Å²) < 4.78 is 12.8. The van der Waals surface area contributed by atoms with Crippen molar-refractivity contribution in [3.8, 4) is 0 Å². The molecule has 0 aromatic carbocycles. The molecular formula is C30H42N6O6. The Morgan fingerprint density at radius 3 is 2.31 bits per heavy atom. The van der Waals surface area contributed by atoms with Crippen molar-refractivity contribution in [1.82, 2.24) is 25.0 Å². The van der Waals surface area contributed by atoms with Crippen LogP contribution in [0, 0.1) is 29.1 Å². The van der Waals surface area contributed by atoms with Gasteiger partial charge in [0.1, 0.15) is 11.9 Å². The van der Waals surface area contributed by atoms with E-state index in [0.29, 0.717) is 49.5 Å². The van der Waals surface area contributed by atoms with Gasteiger partial charge in [-0.05, 0) is 89.9 Å². The molecule has 0 spiro atoms. The van der Waals surface area contributed by atoms with Crippen molar-refractivity contribution in [1.29, 1.82) is 0 Å². The van der Waals surface area contributed by atoms with Gasteiger partial charge in [0.05, 0.1) is 25.3 Å². The van der Waals surface area contributed by atoms with Gasteiger partial charge in [-0.3, -0.25) is 4.79 Å². The monoisotopic (exact) mass is 582 g/mol. The summed E-state index contributed by atoms with van der Waals surface area (Å²) in [6.07, 6.45) is 11.1. The van der Waals surface area contributed by atoms with Crippen molar-refractivity contribution in [2.24, 2.45) is 29.1 Å². The molecule has 2 aromatic heterocycles. The van der Waals surface area contributed by atoms with E-state index in [9.17, 15) is 14.4 Å². The highest BCUT2D eigenvalue weighted by molar-refractivity contribution is 5.84. The third-order valence-electron chi connectivity index (χ3n) is 9.40. The van der Waals surface area contributed by atoms with Crippen LogP contribution in [0.1, 0.15) is 78.6 Å². The zero-order valence-corrected chi connectivity index (χ0v) is 24.8. The van der Waals surface area contributed by atoms with Gasteiger partial charge in [-0.1, -0.05) is 0 Å². The van der Waals surface area contributed by atoms with Crippen molar-refractivity contribution in [3.63, 3.8) is 0 Å². The maximum atomic E-state index is 12.5. The van der Waals surface area contributed by atoms with Crippen LogP contribution in [0.2, 0.25) is 0 Å². The zero-order valence-electron chi connectivity index (χ0n) is 24.8. The molecule has 1 amide bonds. The maximum Gasteiger partial charge on any atom is 0.440 e. The summed E-state index contributed by atoms with van der Waals surface area (Å²) in [6.45, 7) is 7.60. The largest absolute Gasteiger partial charge is 0.460 e. The summed E-state index contributed by atoms with van der Waals surface area (Å²) >= 11 is 0. The van der Waals surface area contributed by atoms with Gasteiger partial charge in [-0.2, -0.15) is 0 Å². The standard InChI is InChI=1S/C30H42N6O6/c1-29(2,3)41-27(38)22-4-7-35(8-5-22)25-24-26(32-17-31-25)36(18-33-24)9-6-23(37)42-34-28(39)40-16-30-13-19-10-20(14-30)12-21(11-19)15-30/h17-22H,4-16H2,1-3H3,(H,34,39). The molecule has 0 unspecified atom stereocenters.